The van der Waals surface area contributed by atoms with Crippen LogP contribution in [0.4, 0.5) is 0 Å². The van der Waals surface area contributed by atoms with Gasteiger partial charge in [-0.1, -0.05) is 26.7 Å². The first-order chi connectivity index (χ1) is 8.08. The SMILES string of the molecule is CC1(C)CCCCC1NCCC(=O)NC1CC1. The molecule has 0 spiro atoms. The van der Waals surface area contributed by atoms with E-state index in [-0.39, 0.29) is 5.91 Å². The van der Waals surface area contributed by atoms with Crippen molar-refractivity contribution in [3.8, 4) is 0 Å². The highest BCUT2D eigenvalue weighted by Gasteiger charge is 2.31. The normalized spacial score (nSPS) is 27.8. The van der Waals surface area contributed by atoms with Crippen LogP contribution in [0.15, 0.2) is 0 Å². The van der Waals surface area contributed by atoms with Gasteiger partial charge in [0.15, 0.2) is 0 Å². The summed E-state index contributed by atoms with van der Waals surface area (Å²) in [6.45, 7) is 5.51. The minimum absolute atomic E-state index is 0.216. The second-order valence-electron chi connectivity index (χ2n) is 6.33. The number of nitrogens with one attached hydrogen (secondary N) is 2. The largest absolute Gasteiger partial charge is 0.353 e. The van der Waals surface area contributed by atoms with Gasteiger partial charge in [-0.15, -0.1) is 0 Å². The highest BCUT2D eigenvalue weighted by atomic mass is 16.1. The van der Waals surface area contributed by atoms with E-state index in [2.05, 4.69) is 24.5 Å². The standard InChI is InChI=1S/C14H26N2O/c1-14(2)9-4-3-5-12(14)15-10-8-13(17)16-11-6-7-11/h11-12,15H,3-10H2,1-2H3,(H,16,17). The van der Waals surface area contributed by atoms with Gasteiger partial charge >= 0.3 is 0 Å². The number of hydrogen-bond donors (Lipinski definition) is 2. The predicted molar refractivity (Wildman–Crippen MR) is 69.8 cm³/mol. The fourth-order valence-electron chi connectivity index (χ4n) is 2.76. The maximum Gasteiger partial charge on any atom is 0.221 e. The van der Waals surface area contributed by atoms with Gasteiger partial charge in [-0.2, -0.15) is 0 Å². The Balaban J connectivity index is 1.64. The van der Waals surface area contributed by atoms with Gasteiger partial charge in [0.05, 0.1) is 0 Å². The zero-order valence-electron chi connectivity index (χ0n) is 11.2. The second kappa shape index (κ2) is 5.38. The van der Waals surface area contributed by atoms with Crippen molar-refractivity contribution in [2.24, 2.45) is 5.41 Å². The molecule has 0 bridgehead atoms. The van der Waals surface area contributed by atoms with Crippen molar-refractivity contribution in [3.05, 3.63) is 0 Å². The maximum absolute atomic E-state index is 11.5. The Bertz CT molecular complexity index is 271. The molecule has 2 N–H and O–H groups in total. The van der Waals surface area contributed by atoms with Crippen LogP contribution in [0.1, 0.15) is 58.8 Å². The van der Waals surface area contributed by atoms with E-state index in [9.17, 15) is 4.79 Å². The predicted octanol–water partition coefficient (Wildman–Crippen LogP) is 2.21. The second-order valence-corrected chi connectivity index (χ2v) is 6.33. The summed E-state index contributed by atoms with van der Waals surface area (Å²) in [4.78, 5) is 11.5. The van der Waals surface area contributed by atoms with E-state index < -0.39 is 0 Å². The molecule has 0 aromatic heterocycles. The third-order valence-electron chi connectivity index (χ3n) is 4.19. The summed E-state index contributed by atoms with van der Waals surface area (Å²) in [5.74, 6) is 0.216. The first-order valence-electron chi connectivity index (χ1n) is 7.11. The lowest BCUT2D eigenvalue weighted by Crippen LogP contribution is -2.45. The summed E-state index contributed by atoms with van der Waals surface area (Å²) in [5, 5.41) is 6.61. The van der Waals surface area contributed by atoms with Crippen molar-refractivity contribution in [2.45, 2.75) is 70.9 Å². The van der Waals surface area contributed by atoms with Crippen molar-refractivity contribution >= 4 is 5.91 Å². The molecule has 0 aliphatic heterocycles. The molecule has 3 nitrogen and oxygen atoms in total. The number of amides is 1. The van der Waals surface area contributed by atoms with Gasteiger partial charge in [0.25, 0.3) is 0 Å². The first-order valence-corrected chi connectivity index (χ1v) is 7.11. The Morgan fingerprint density at radius 1 is 1.24 bits per heavy atom. The van der Waals surface area contributed by atoms with Crippen molar-refractivity contribution in [1.29, 1.82) is 0 Å². The van der Waals surface area contributed by atoms with Crippen molar-refractivity contribution < 1.29 is 4.79 Å². The molecular formula is C14H26N2O. The quantitative estimate of drug-likeness (QED) is 0.771. The molecule has 98 valence electrons. The van der Waals surface area contributed by atoms with Crippen molar-refractivity contribution in [2.75, 3.05) is 6.54 Å². The lowest BCUT2D eigenvalue weighted by atomic mass is 9.73. The molecule has 1 amide bonds. The van der Waals surface area contributed by atoms with Crippen molar-refractivity contribution in [1.82, 2.24) is 10.6 Å². The van der Waals surface area contributed by atoms with Crippen LogP contribution in [0.25, 0.3) is 0 Å². The minimum atomic E-state index is 0.216. The molecule has 1 atom stereocenters. The van der Waals surface area contributed by atoms with Crippen LogP contribution in [0, 0.1) is 5.41 Å². The molecule has 0 saturated heterocycles. The van der Waals surface area contributed by atoms with Gasteiger partial charge < -0.3 is 10.6 Å². The monoisotopic (exact) mass is 238 g/mol. The molecule has 17 heavy (non-hydrogen) atoms. The molecule has 3 heteroatoms. The molecular weight excluding hydrogens is 212 g/mol. The van der Waals surface area contributed by atoms with Gasteiger partial charge in [0, 0.05) is 25.0 Å². The van der Waals surface area contributed by atoms with E-state index in [0.717, 1.165) is 6.54 Å². The highest BCUT2D eigenvalue weighted by molar-refractivity contribution is 5.76. The van der Waals surface area contributed by atoms with Crippen LogP contribution < -0.4 is 10.6 Å². The fourth-order valence-corrected chi connectivity index (χ4v) is 2.76. The summed E-state index contributed by atoms with van der Waals surface area (Å²) < 4.78 is 0. The zero-order valence-corrected chi connectivity index (χ0v) is 11.2. The molecule has 0 aromatic carbocycles. The third-order valence-corrected chi connectivity index (χ3v) is 4.19. The van der Waals surface area contributed by atoms with E-state index in [0.29, 0.717) is 23.9 Å². The molecule has 2 aliphatic carbocycles. The minimum Gasteiger partial charge on any atom is -0.353 e. The summed E-state index contributed by atoms with van der Waals surface area (Å²) in [6, 6.07) is 1.08. The van der Waals surface area contributed by atoms with Gasteiger partial charge in [-0.25, -0.2) is 0 Å². The average molecular weight is 238 g/mol. The smallest absolute Gasteiger partial charge is 0.221 e. The first kappa shape index (κ1) is 12.9. The van der Waals surface area contributed by atoms with E-state index >= 15 is 0 Å². The third kappa shape index (κ3) is 3.98. The van der Waals surface area contributed by atoms with Crippen LogP contribution in [-0.4, -0.2) is 24.5 Å². The summed E-state index contributed by atoms with van der Waals surface area (Å²) >= 11 is 0. The summed E-state index contributed by atoms with van der Waals surface area (Å²) in [5.41, 5.74) is 0.394. The van der Waals surface area contributed by atoms with Crippen molar-refractivity contribution in [3.63, 3.8) is 0 Å². The number of hydrogen-bond acceptors (Lipinski definition) is 2. The number of rotatable bonds is 5. The van der Waals surface area contributed by atoms with Crippen LogP contribution in [0.5, 0.6) is 0 Å². The molecule has 1 unspecified atom stereocenters. The summed E-state index contributed by atoms with van der Waals surface area (Å²) in [7, 11) is 0. The molecule has 0 radical (unpaired) electrons. The van der Waals surface area contributed by atoms with E-state index in [1.165, 1.54) is 38.5 Å². The topological polar surface area (TPSA) is 41.1 Å². The van der Waals surface area contributed by atoms with Crippen LogP contribution in [-0.2, 0) is 4.79 Å². The van der Waals surface area contributed by atoms with Crippen LogP contribution >= 0.6 is 0 Å². The Hall–Kier alpha value is -0.570. The Morgan fingerprint density at radius 3 is 2.65 bits per heavy atom. The summed E-state index contributed by atoms with van der Waals surface area (Å²) in [6.07, 6.45) is 8.23. The number of carbonyl (C=O) groups excluding carboxylic acids is 1. The molecule has 2 rings (SSSR count). The van der Waals surface area contributed by atoms with Crippen LogP contribution in [0.3, 0.4) is 0 Å². The Morgan fingerprint density at radius 2 is 2.00 bits per heavy atom. The molecule has 2 aliphatic rings. The lowest BCUT2D eigenvalue weighted by Gasteiger charge is -2.39. The van der Waals surface area contributed by atoms with E-state index in [4.69, 9.17) is 0 Å². The average Bonchev–Trinajstić information content (AvgIpc) is 3.04. The van der Waals surface area contributed by atoms with Gasteiger partial charge in [0.1, 0.15) is 0 Å². The van der Waals surface area contributed by atoms with Gasteiger partial charge in [0.2, 0.25) is 5.91 Å². The fraction of sp³-hybridized carbons (Fsp3) is 0.929. The molecule has 2 fully saturated rings. The van der Waals surface area contributed by atoms with E-state index in [1.807, 2.05) is 0 Å². The lowest BCUT2D eigenvalue weighted by molar-refractivity contribution is -0.121. The van der Waals surface area contributed by atoms with Crippen LogP contribution in [0.2, 0.25) is 0 Å². The molecule has 0 aromatic rings. The van der Waals surface area contributed by atoms with Gasteiger partial charge in [-0.3, -0.25) is 4.79 Å². The zero-order chi connectivity index (χ0) is 12.3. The Labute approximate surface area is 105 Å². The molecule has 2 saturated carbocycles. The molecule has 0 heterocycles. The van der Waals surface area contributed by atoms with E-state index in [1.54, 1.807) is 0 Å². The Kier molecular flexibility index (Phi) is 4.08. The highest BCUT2D eigenvalue weighted by Crippen LogP contribution is 2.35. The number of carbonyl (C=O) groups is 1. The maximum atomic E-state index is 11.5. The van der Waals surface area contributed by atoms with Gasteiger partial charge in [-0.05, 0) is 31.1 Å².